The Kier molecular flexibility index (Phi) is 5.68. The Bertz CT molecular complexity index is 1510. The molecule has 0 radical (unpaired) electrons. The maximum Gasteiger partial charge on any atom is 0.222 e. The molecular weight excluding hydrogens is 488 g/mol. The van der Waals surface area contributed by atoms with E-state index in [1.807, 2.05) is 0 Å². The summed E-state index contributed by atoms with van der Waals surface area (Å²) in [6, 6.07) is 5.59. The predicted octanol–water partition coefficient (Wildman–Crippen LogP) is 4.66. The van der Waals surface area contributed by atoms with Crippen LogP contribution in [0.5, 0.6) is 0 Å². The molecule has 2 bridgehead atoms. The number of aromatic nitrogens is 6. The quantitative estimate of drug-likeness (QED) is 0.382. The highest BCUT2D eigenvalue weighted by atomic mass is 19.1. The number of anilines is 1. The monoisotopic (exact) mass is 515 g/mol. The molecule has 0 saturated heterocycles. The summed E-state index contributed by atoms with van der Waals surface area (Å²) in [6.45, 7) is 6.41. The molecule has 3 atom stereocenters. The zero-order valence-electron chi connectivity index (χ0n) is 21.3. The first kappa shape index (κ1) is 24.4. The molecule has 2 N–H and O–H groups in total. The molecule has 4 aromatic rings. The highest BCUT2D eigenvalue weighted by Gasteiger charge is 2.65. The van der Waals surface area contributed by atoms with Crippen molar-refractivity contribution in [2.45, 2.75) is 51.0 Å². The lowest BCUT2D eigenvalue weighted by molar-refractivity contribution is 0.208. The fourth-order valence-corrected chi connectivity index (χ4v) is 6.26. The van der Waals surface area contributed by atoms with E-state index in [9.17, 15) is 13.9 Å². The molecule has 1 saturated carbocycles. The van der Waals surface area contributed by atoms with Crippen molar-refractivity contribution in [2.24, 2.45) is 5.41 Å². The van der Waals surface area contributed by atoms with E-state index in [4.69, 9.17) is 4.98 Å². The number of halogens is 2. The lowest BCUT2D eigenvalue weighted by atomic mass is 9.66. The van der Waals surface area contributed by atoms with Crippen LogP contribution in [-0.4, -0.2) is 47.9 Å². The summed E-state index contributed by atoms with van der Waals surface area (Å²) >= 11 is 0. The van der Waals surface area contributed by atoms with Gasteiger partial charge in [-0.2, -0.15) is 5.10 Å². The van der Waals surface area contributed by atoms with Crippen LogP contribution in [0, 0.1) is 17.0 Å². The minimum atomic E-state index is -0.663. The average Bonchev–Trinajstić information content (AvgIpc) is 3.28. The summed E-state index contributed by atoms with van der Waals surface area (Å²) in [6.07, 6.45) is 7.98. The van der Waals surface area contributed by atoms with Crippen LogP contribution in [-0.2, 0) is 5.41 Å². The van der Waals surface area contributed by atoms with Gasteiger partial charge in [0.05, 0.1) is 46.1 Å². The molecule has 6 rings (SSSR count). The number of rotatable bonds is 6. The summed E-state index contributed by atoms with van der Waals surface area (Å²) in [5.41, 5.74) is 3.08. The molecule has 1 aromatic carbocycles. The Morgan fingerprint density at radius 2 is 1.79 bits per heavy atom. The molecule has 3 aromatic heterocycles. The van der Waals surface area contributed by atoms with Crippen molar-refractivity contribution in [3.05, 3.63) is 77.6 Å². The van der Waals surface area contributed by atoms with E-state index >= 15 is 0 Å². The molecule has 0 unspecified atom stereocenters. The molecule has 8 nitrogen and oxygen atoms in total. The van der Waals surface area contributed by atoms with Crippen molar-refractivity contribution >= 4 is 5.95 Å². The number of fused-ring (bicyclic) bond motifs is 5. The van der Waals surface area contributed by atoms with Crippen LogP contribution < -0.4 is 5.32 Å². The van der Waals surface area contributed by atoms with E-state index < -0.39 is 23.2 Å². The van der Waals surface area contributed by atoms with E-state index in [1.165, 1.54) is 18.2 Å². The van der Waals surface area contributed by atoms with Crippen molar-refractivity contribution < 1.29 is 13.9 Å². The number of nitrogens with zero attached hydrogens (tertiary/aromatic N) is 6. The van der Waals surface area contributed by atoms with Crippen molar-refractivity contribution in [3.8, 4) is 22.5 Å². The molecular formula is C28H27F2N7O. The number of aliphatic hydroxyl groups is 1. The van der Waals surface area contributed by atoms with Crippen LogP contribution in [0.2, 0.25) is 0 Å². The van der Waals surface area contributed by atoms with E-state index in [0.717, 1.165) is 29.8 Å². The molecule has 0 aliphatic heterocycles. The Labute approximate surface area is 218 Å². The third kappa shape index (κ3) is 3.58. The van der Waals surface area contributed by atoms with Gasteiger partial charge in [-0.15, -0.1) is 5.10 Å². The van der Waals surface area contributed by atoms with Crippen LogP contribution in [0.1, 0.15) is 56.5 Å². The van der Waals surface area contributed by atoms with Crippen LogP contribution in [0.25, 0.3) is 22.5 Å². The van der Waals surface area contributed by atoms with E-state index in [1.54, 1.807) is 37.8 Å². The van der Waals surface area contributed by atoms with Crippen LogP contribution in [0.15, 0.2) is 49.1 Å². The number of hydrogen-bond donors (Lipinski definition) is 2. The Balaban J connectivity index is 1.40. The number of nitrogens with one attached hydrogen (secondary N) is 1. The van der Waals surface area contributed by atoms with Gasteiger partial charge >= 0.3 is 0 Å². The summed E-state index contributed by atoms with van der Waals surface area (Å²) in [5, 5.41) is 21.3. The Hall–Kier alpha value is -3.92. The maximum atomic E-state index is 14.5. The van der Waals surface area contributed by atoms with E-state index in [0.29, 0.717) is 23.8 Å². The van der Waals surface area contributed by atoms with Crippen molar-refractivity contribution in [2.75, 3.05) is 11.9 Å². The minimum absolute atomic E-state index is 0.134. The van der Waals surface area contributed by atoms with E-state index in [2.05, 4.69) is 44.3 Å². The van der Waals surface area contributed by atoms with Crippen LogP contribution >= 0.6 is 0 Å². The first-order valence-electron chi connectivity index (χ1n) is 12.6. The van der Waals surface area contributed by atoms with Crippen molar-refractivity contribution in [1.29, 1.82) is 0 Å². The van der Waals surface area contributed by atoms with Gasteiger partial charge in [-0.05, 0) is 54.9 Å². The predicted molar refractivity (Wildman–Crippen MR) is 137 cm³/mol. The van der Waals surface area contributed by atoms with Gasteiger partial charge in [0, 0.05) is 30.7 Å². The van der Waals surface area contributed by atoms with Gasteiger partial charge in [-0.25, -0.2) is 23.7 Å². The lowest BCUT2D eigenvalue weighted by Crippen LogP contribution is -2.38. The van der Waals surface area contributed by atoms with Gasteiger partial charge in [-0.3, -0.25) is 4.98 Å². The van der Waals surface area contributed by atoms with Gasteiger partial charge < -0.3 is 10.4 Å². The second-order valence-corrected chi connectivity index (χ2v) is 10.7. The number of aliphatic hydroxyl groups excluding tert-OH is 1. The molecule has 1 fully saturated rings. The number of benzene rings is 1. The normalized spacial score (nSPS) is 21.8. The van der Waals surface area contributed by atoms with Gasteiger partial charge in [0.1, 0.15) is 11.6 Å². The summed E-state index contributed by atoms with van der Waals surface area (Å²) in [4.78, 5) is 18.2. The SMILES string of the molecule is C[C@@H](O)CNc1ncc(-c2cncc([C@@]34CC[C@@H](c5cc(-c6c(F)cccc6F)nnc53)C4(C)C)n2)cn1. The topological polar surface area (TPSA) is 110 Å². The second-order valence-electron chi connectivity index (χ2n) is 10.7. The molecule has 2 aliphatic rings. The third-order valence-electron chi connectivity index (χ3n) is 8.18. The second kappa shape index (κ2) is 8.83. The first-order valence-corrected chi connectivity index (χ1v) is 12.6. The van der Waals surface area contributed by atoms with E-state index in [-0.39, 0.29) is 22.6 Å². The van der Waals surface area contributed by atoms with Crippen molar-refractivity contribution in [3.63, 3.8) is 0 Å². The van der Waals surface area contributed by atoms with Crippen molar-refractivity contribution in [1.82, 2.24) is 30.1 Å². The summed E-state index contributed by atoms with van der Waals surface area (Å²) in [5.74, 6) is -0.776. The minimum Gasteiger partial charge on any atom is -0.392 e. The molecule has 194 valence electrons. The lowest BCUT2D eigenvalue weighted by Gasteiger charge is -2.37. The average molecular weight is 516 g/mol. The molecule has 10 heteroatoms. The smallest absolute Gasteiger partial charge is 0.222 e. The van der Waals surface area contributed by atoms with Gasteiger partial charge in [-0.1, -0.05) is 19.9 Å². The number of hydrogen-bond acceptors (Lipinski definition) is 8. The Morgan fingerprint density at radius 1 is 1.05 bits per heavy atom. The molecule has 0 spiro atoms. The summed E-state index contributed by atoms with van der Waals surface area (Å²) < 4.78 is 29.1. The molecule has 0 amide bonds. The molecule has 2 aliphatic carbocycles. The first-order chi connectivity index (χ1) is 18.2. The molecule has 3 heterocycles. The Morgan fingerprint density at radius 3 is 2.50 bits per heavy atom. The van der Waals surface area contributed by atoms with Gasteiger partial charge in [0.2, 0.25) is 5.95 Å². The van der Waals surface area contributed by atoms with Crippen LogP contribution in [0.3, 0.4) is 0 Å². The van der Waals surface area contributed by atoms with Crippen LogP contribution in [0.4, 0.5) is 14.7 Å². The highest BCUT2D eigenvalue weighted by molar-refractivity contribution is 5.64. The zero-order chi connectivity index (χ0) is 26.7. The van der Waals surface area contributed by atoms with Gasteiger partial charge in [0.25, 0.3) is 0 Å². The highest BCUT2D eigenvalue weighted by Crippen LogP contribution is 2.69. The summed E-state index contributed by atoms with van der Waals surface area (Å²) in [7, 11) is 0. The largest absolute Gasteiger partial charge is 0.392 e. The maximum absolute atomic E-state index is 14.5. The standard InChI is InChI=1S/C28H27F2N7O/c1-15(38)10-32-26-33-11-16(12-34-26)22-13-31-14-23(35-22)28-8-7-18(27(28,2)3)17-9-21(36-37-25(17)28)24-19(29)5-4-6-20(24)30/h4-6,9,11-15,18,38H,7-8,10H2,1-3H3,(H,32,33,34)/t15-,18+,28+/m1/s1. The molecule has 38 heavy (non-hydrogen) atoms. The third-order valence-corrected chi connectivity index (χ3v) is 8.18. The zero-order valence-corrected chi connectivity index (χ0v) is 21.3. The fourth-order valence-electron chi connectivity index (χ4n) is 6.26. The van der Waals surface area contributed by atoms with Gasteiger partial charge in [0.15, 0.2) is 0 Å². The fraction of sp³-hybridized carbons (Fsp3) is 0.357.